The zero-order valence-electron chi connectivity index (χ0n) is 18.2. The van der Waals surface area contributed by atoms with E-state index in [2.05, 4.69) is 4.98 Å². The van der Waals surface area contributed by atoms with E-state index in [0.29, 0.717) is 57.9 Å². The lowest BCUT2D eigenvalue weighted by Crippen LogP contribution is -2.52. The molecule has 2 aliphatic rings. The van der Waals surface area contributed by atoms with Gasteiger partial charge in [-0.1, -0.05) is 30.3 Å². The number of anilines is 1. The summed E-state index contributed by atoms with van der Waals surface area (Å²) < 4.78 is 27.0. The van der Waals surface area contributed by atoms with Crippen LogP contribution in [-0.2, 0) is 20.6 Å². The first-order valence-electron chi connectivity index (χ1n) is 11.0. The van der Waals surface area contributed by atoms with Crippen LogP contribution in [0.25, 0.3) is 0 Å². The quantitative estimate of drug-likeness (QED) is 0.464. The highest BCUT2D eigenvalue weighted by Crippen LogP contribution is 2.25. The minimum Gasteiger partial charge on any atom is -0.353 e. The fraction of sp³-hybridized carbons (Fsp3) is 0.455. The minimum absolute atomic E-state index is 0.0227. The van der Waals surface area contributed by atoms with Crippen LogP contribution in [0.3, 0.4) is 0 Å². The van der Waals surface area contributed by atoms with Crippen LogP contribution in [0.15, 0.2) is 48.7 Å². The molecule has 1 aromatic heterocycles. The van der Waals surface area contributed by atoms with Crippen molar-refractivity contribution in [3.63, 3.8) is 0 Å². The van der Waals surface area contributed by atoms with E-state index in [1.807, 2.05) is 28.0 Å². The molecule has 2 fully saturated rings. The third-order valence-electron chi connectivity index (χ3n) is 6.25. The van der Waals surface area contributed by atoms with E-state index < -0.39 is 14.9 Å². The van der Waals surface area contributed by atoms with Crippen LogP contribution >= 0.6 is 0 Å². The molecule has 33 heavy (non-hydrogen) atoms. The Bertz CT molecular complexity index is 1080. The predicted octanol–water partition coefficient (Wildman–Crippen LogP) is 1.88. The summed E-state index contributed by atoms with van der Waals surface area (Å²) in [5.74, 6) is 0.540. The van der Waals surface area contributed by atoms with Crippen molar-refractivity contribution in [1.29, 1.82) is 0 Å². The first-order chi connectivity index (χ1) is 15.8. The maximum Gasteiger partial charge on any atom is 0.287 e. The Morgan fingerprint density at radius 3 is 2.24 bits per heavy atom. The molecule has 1 amide bonds. The van der Waals surface area contributed by atoms with Crippen molar-refractivity contribution in [1.82, 2.24) is 14.2 Å². The van der Waals surface area contributed by atoms with E-state index in [0.717, 1.165) is 5.56 Å². The number of sulfonamides is 1. The Labute approximate surface area is 193 Å². The van der Waals surface area contributed by atoms with E-state index in [4.69, 9.17) is 0 Å². The lowest BCUT2D eigenvalue weighted by Gasteiger charge is -2.38. The maximum atomic E-state index is 13.0. The lowest BCUT2D eigenvalue weighted by atomic mass is 9.96. The number of rotatable bonds is 6. The standard InChI is InChI=1S/C22H27N5O5S/c28-22(25-14-12-24(13-15-25)21-7-6-20(16-23-21)27(29)30)19-8-10-26(11-9-19)33(31,32)17-18-4-2-1-3-5-18/h1-7,16,19H,8-15,17H2. The summed E-state index contributed by atoms with van der Waals surface area (Å²) in [6.07, 6.45) is 2.29. The maximum absolute atomic E-state index is 13.0. The Hall–Kier alpha value is -3.05. The van der Waals surface area contributed by atoms with Crippen LogP contribution in [0.4, 0.5) is 11.5 Å². The first kappa shape index (κ1) is 23.1. The topological polar surface area (TPSA) is 117 Å². The van der Waals surface area contributed by atoms with Crippen molar-refractivity contribution in [3.05, 3.63) is 64.3 Å². The Balaban J connectivity index is 1.27. The van der Waals surface area contributed by atoms with E-state index >= 15 is 0 Å². The number of aromatic nitrogens is 1. The molecule has 0 spiro atoms. The number of nitro groups is 1. The highest BCUT2D eigenvalue weighted by Gasteiger charge is 2.34. The molecule has 2 aromatic rings. The molecule has 0 atom stereocenters. The number of nitrogens with zero attached hydrogens (tertiary/aromatic N) is 5. The molecule has 0 saturated carbocycles. The van der Waals surface area contributed by atoms with Gasteiger partial charge in [-0.25, -0.2) is 17.7 Å². The molecule has 3 heterocycles. The van der Waals surface area contributed by atoms with Gasteiger partial charge in [0.05, 0.1) is 10.7 Å². The van der Waals surface area contributed by atoms with Gasteiger partial charge in [-0.3, -0.25) is 14.9 Å². The van der Waals surface area contributed by atoms with Crippen LogP contribution < -0.4 is 4.90 Å². The fourth-order valence-corrected chi connectivity index (χ4v) is 5.91. The summed E-state index contributed by atoms with van der Waals surface area (Å²) in [5.41, 5.74) is 0.709. The molecule has 176 valence electrons. The van der Waals surface area contributed by atoms with Gasteiger partial charge in [0.25, 0.3) is 5.69 Å². The van der Waals surface area contributed by atoms with Crippen LogP contribution in [0.1, 0.15) is 18.4 Å². The number of piperazine rings is 1. The normalized spacial score (nSPS) is 18.3. The SMILES string of the molecule is O=C(C1CCN(S(=O)(=O)Cc2ccccc2)CC1)N1CCN(c2ccc([N+](=O)[O-])cn2)CC1. The second-order valence-corrected chi connectivity index (χ2v) is 10.3. The summed E-state index contributed by atoms with van der Waals surface area (Å²) in [6, 6.07) is 12.2. The van der Waals surface area contributed by atoms with E-state index in [1.54, 1.807) is 18.2 Å². The first-order valence-corrected chi connectivity index (χ1v) is 12.6. The summed E-state index contributed by atoms with van der Waals surface area (Å²) >= 11 is 0. The van der Waals surface area contributed by atoms with Crippen LogP contribution in [0.5, 0.6) is 0 Å². The number of carbonyl (C=O) groups is 1. The van der Waals surface area contributed by atoms with E-state index in [1.165, 1.54) is 16.6 Å². The summed E-state index contributed by atoms with van der Waals surface area (Å²) in [5, 5.41) is 10.8. The number of carbonyl (C=O) groups excluding carboxylic acids is 1. The molecule has 0 unspecified atom stereocenters. The van der Waals surface area contributed by atoms with Gasteiger partial charge >= 0.3 is 0 Å². The molecule has 1 aromatic carbocycles. The van der Waals surface area contributed by atoms with Crippen molar-refractivity contribution >= 4 is 27.4 Å². The van der Waals surface area contributed by atoms with Crippen LogP contribution in [-0.4, -0.2) is 72.7 Å². The number of hydrogen-bond donors (Lipinski definition) is 0. The van der Waals surface area contributed by atoms with E-state index in [9.17, 15) is 23.3 Å². The molecule has 4 rings (SSSR count). The predicted molar refractivity (Wildman–Crippen MR) is 123 cm³/mol. The van der Waals surface area contributed by atoms with E-state index in [-0.39, 0.29) is 23.3 Å². The third-order valence-corrected chi connectivity index (χ3v) is 8.10. The highest BCUT2D eigenvalue weighted by molar-refractivity contribution is 7.88. The summed E-state index contributed by atoms with van der Waals surface area (Å²) in [6.45, 7) is 3.01. The van der Waals surface area contributed by atoms with Gasteiger partial charge in [0.1, 0.15) is 12.0 Å². The second kappa shape index (κ2) is 9.84. The summed E-state index contributed by atoms with van der Waals surface area (Å²) in [7, 11) is -3.40. The van der Waals surface area contributed by atoms with Crippen LogP contribution in [0.2, 0.25) is 0 Å². The molecule has 0 bridgehead atoms. The Morgan fingerprint density at radius 1 is 1.00 bits per heavy atom. The Kier molecular flexibility index (Phi) is 6.89. The highest BCUT2D eigenvalue weighted by atomic mass is 32.2. The molecule has 0 N–H and O–H groups in total. The van der Waals surface area contributed by atoms with Crippen molar-refractivity contribution in [2.45, 2.75) is 18.6 Å². The summed E-state index contributed by atoms with van der Waals surface area (Å²) in [4.78, 5) is 31.3. The molecule has 10 nitrogen and oxygen atoms in total. The van der Waals surface area contributed by atoms with Gasteiger partial charge in [0.2, 0.25) is 15.9 Å². The molecule has 0 radical (unpaired) electrons. The minimum atomic E-state index is -3.40. The molecular formula is C22H27N5O5S. The molecule has 0 aliphatic carbocycles. The average Bonchev–Trinajstić information content (AvgIpc) is 2.84. The van der Waals surface area contributed by atoms with Gasteiger partial charge in [-0.15, -0.1) is 0 Å². The Morgan fingerprint density at radius 2 is 1.67 bits per heavy atom. The average molecular weight is 474 g/mol. The van der Waals surface area contributed by atoms with Crippen molar-refractivity contribution in [3.8, 4) is 0 Å². The number of benzene rings is 1. The fourth-order valence-electron chi connectivity index (χ4n) is 4.34. The number of piperidine rings is 1. The van der Waals surface area contributed by atoms with Crippen molar-refractivity contribution < 1.29 is 18.1 Å². The second-order valence-electron chi connectivity index (χ2n) is 8.36. The van der Waals surface area contributed by atoms with Gasteiger partial charge in [-0.05, 0) is 24.5 Å². The van der Waals surface area contributed by atoms with Gasteiger partial charge < -0.3 is 9.80 Å². The number of amides is 1. The monoisotopic (exact) mass is 473 g/mol. The largest absolute Gasteiger partial charge is 0.353 e. The number of hydrogen-bond acceptors (Lipinski definition) is 7. The molecule has 2 aliphatic heterocycles. The lowest BCUT2D eigenvalue weighted by molar-refractivity contribution is -0.385. The van der Waals surface area contributed by atoms with Crippen LogP contribution in [0, 0.1) is 16.0 Å². The number of pyridine rings is 1. The van der Waals surface area contributed by atoms with Crippen molar-refractivity contribution in [2.24, 2.45) is 5.92 Å². The zero-order valence-corrected chi connectivity index (χ0v) is 19.1. The van der Waals surface area contributed by atoms with Crippen molar-refractivity contribution in [2.75, 3.05) is 44.2 Å². The molecule has 11 heteroatoms. The third kappa shape index (κ3) is 5.48. The van der Waals surface area contributed by atoms with Gasteiger partial charge in [0.15, 0.2) is 0 Å². The zero-order chi connectivity index (χ0) is 23.4. The van der Waals surface area contributed by atoms with Gasteiger partial charge in [-0.2, -0.15) is 0 Å². The molecular weight excluding hydrogens is 446 g/mol. The smallest absolute Gasteiger partial charge is 0.287 e. The molecule has 2 saturated heterocycles. The van der Waals surface area contributed by atoms with Gasteiger partial charge in [0, 0.05) is 51.3 Å².